The molecular weight excluding hydrogens is 478 g/mol. The number of carbonyl (C=O) groups is 1. The Kier molecular flexibility index (Phi) is 5.93. The SMILES string of the molecule is CSc1ccc(OC(F)F)c(-c2nn(CC3(O)CC3C)cc2NC(=O)c2cnn3cccnc23)c1. The minimum Gasteiger partial charge on any atom is -0.434 e. The zero-order valence-electron chi connectivity index (χ0n) is 18.9. The standard InChI is InChI=1S/C23H22F2N6O3S/c1-13-9-23(13,33)12-30-11-17(28-21(32)16-10-27-31-7-3-6-26-20(16)31)19(29-30)15-8-14(35-2)4-5-18(15)34-22(24)25/h3-8,10-11,13,22,33H,9,12H2,1-2H3,(H,28,32). The summed E-state index contributed by atoms with van der Waals surface area (Å²) in [5.74, 6) is -0.458. The van der Waals surface area contributed by atoms with Gasteiger partial charge in [0.2, 0.25) is 0 Å². The summed E-state index contributed by atoms with van der Waals surface area (Å²) in [6, 6.07) is 6.48. The molecule has 1 aliphatic rings. The summed E-state index contributed by atoms with van der Waals surface area (Å²) in [6.07, 6.45) is 8.68. The highest BCUT2D eigenvalue weighted by atomic mass is 32.2. The van der Waals surface area contributed by atoms with E-state index in [0.717, 1.165) is 4.90 Å². The van der Waals surface area contributed by atoms with Gasteiger partial charge in [-0.15, -0.1) is 11.8 Å². The van der Waals surface area contributed by atoms with Crippen molar-refractivity contribution < 1.29 is 23.4 Å². The van der Waals surface area contributed by atoms with E-state index in [1.807, 2.05) is 13.2 Å². The predicted octanol–water partition coefficient (Wildman–Crippen LogP) is 3.94. The van der Waals surface area contributed by atoms with Crippen LogP contribution < -0.4 is 10.1 Å². The van der Waals surface area contributed by atoms with E-state index in [1.165, 1.54) is 33.2 Å². The summed E-state index contributed by atoms with van der Waals surface area (Å²) < 4.78 is 34.0. The van der Waals surface area contributed by atoms with Crippen molar-refractivity contribution in [3.8, 4) is 17.0 Å². The Morgan fingerprint density at radius 3 is 2.94 bits per heavy atom. The minimum atomic E-state index is -3.04. The van der Waals surface area contributed by atoms with Gasteiger partial charge in [0.15, 0.2) is 5.65 Å². The Bertz CT molecular complexity index is 1410. The van der Waals surface area contributed by atoms with Crippen LogP contribution in [0.2, 0.25) is 0 Å². The molecule has 3 heterocycles. The zero-order chi connectivity index (χ0) is 24.7. The molecule has 0 aliphatic heterocycles. The van der Waals surface area contributed by atoms with Gasteiger partial charge in [0.05, 0.1) is 24.0 Å². The fraction of sp³-hybridized carbons (Fsp3) is 0.304. The first-order valence-corrected chi connectivity index (χ1v) is 12.0. The molecule has 1 fully saturated rings. The largest absolute Gasteiger partial charge is 0.434 e. The number of rotatable bonds is 8. The number of aromatic nitrogens is 5. The van der Waals surface area contributed by atoms with Gasteiger partial charge in [0, 0.05) is 29.0 Å². The van der Waals surface area contributed by atoms with Crippen molar-refractivity contribution in [2.75, 3.05) is 11.6 Å². The quantitative estimate of drug-likeness (QED) is 0.353. The molecule has 12 heteroatoms. The molecule has 1 aliphatic carbocycles. The molecule has 0 radical (unpaired) electrons. The Labute approximate surface area is 203 Å². The number of fused-ring (bicyclic) bond motifs is 1. The fourth-order valence-electron chi connectivity index (χ4n) is 3.96. The Morgan fingerprint density at radius 2 is 2.23 bits per heavy atom. The third-order valence-electron chi connectivity index (χ3n) is 6.04. The Hall–Kier alpha value is -3.51. The summed E-state index contributed by atoms with van der Waals surface area (Å²) in [5, 5.41) is 22.1. The first-order chi connectivity index (χ1) is 16.8. The van der Waals surface area contributed by atoms with Gasteiger partial charge in [-0.2, -0.15) is 19.0 Å². The van der Waals surface area contributed by atoms with Crippen LogP contribution >= 0.6 is 11.8 Å². The molecule has 35 heavy (non-hydrogen) atoms. The average Bonchev–Trinajstić information content (AvgIpc) is 3.16. The van der Waals surface area contributed by atoms with Crippen LogP contribution in [-0.2, 0) is 6.54 Å². The van der Waals surface area contributed by atoms with Crippen LogP contribution in [0, 0.1) is 5.92 Å². The van der Waals surface area contributed by atoms with Crippen LogP contribution in [0.15, 0.2) is 53.9 Å². The van der Waals surface area contributed by atoms with E-state index >= 15 is 0 Å². The molecule has 0 bridgehead atoms. The molecular formula is C23H22F2N6O3S. The molecule has 1 aromatic carbocycles. The number of halogens is 2. The van der Waals surface area contributed by atoms with E-state index in [0.29, 0.717) is 17.6 Å². The number of nitrogens with zero attached hydrogens (tertiary/aromatic N) is 5. The number of nitrogens with one attached hydrogen (secondary N) is 1. The van der Waals surface area contributed by atoms with Gasteiger partial charge in [-0.05, 0) is 42.9 Å². The van der Waals surface area contributed by atoms with E-state index in [4.69, 9.17) is 4.74 Å². The third-order valence-corrected chi connectivity index (χ3v) is 6.77. The number of ether oxygens (including phenoxy) is 1. The van der Waals surface area contributed by atoms with Crippen LogP contribution in [0.25, 0.3) is 16.9 Å². The molecule has 1 saturated carbocycles. The molecule has 2 atom stereocenters. The van der Waals surface area contributed by atoms with Gasteiger partial charge in [-0.1, -0.05) is 6.92 Å². The number of hydrogen-bond donors (Lipinski definition) is 2. The van der Waals surface area contributed by atoms with Crippen molar-refractivity contribution in [1.82, 2.24) is 24.4 Å². The molecule has 2 N–H and O–H groups in total. The number of anilines is 1. The summed E-state index contributed by atoms with van der Waals surface area (Å²) in [5.41, 5.74) is 0.512. The number of hydrogen-bond acceptors (Lipinski definition) is 7. The topological polar surface area (TPSA) is 107 Å². The van der Waals surface area contributed by atoms with Gasteiger partial charge < -0.3 is 15.2 Å². The molecule has 5 rings (SSSR count). The minimum absolute atomic E-state index is 0.0744. The van der Waals surface area contributed by atoms with E-state index in [1.54, 1.807) is 36.8 Å². The first kappa shape index (κ1) is 23.2. The monoisotopic (exact) mass is 500 g/mol. The third kappa shape index (κ3) is 4.58. The van der Waals surface area contributed by atoms with Crippen molar-refractivity contribution in [3.05, 3.63) is 54.6 Å². The molecule has 0 saturated heterocycles. The molecule has 9 nitrogen and oxygen atoms in total. The second-order valence-corrected chi connectivity index (χ2v) is 9.32. The van der Waals surface area contributed by atoms with Gasteiger partial charge in [0.1, 0.15) is 17.0 Å². The smallest absolute Gasteiger partial charge is 0.387 e. The Morgan fingerprint density at radius 1 is 1.43 bits per heavy atom. The lowest BCUT2D eigenvalue weighted by Crippen LogP contribution is -2.19. The van der Waals surface area contributed by atoms with Crippen LogP contribution in [0.3, 0.4) is 0 Å². The second kappa shape index (κ2) is 8.93. The van der Waals surface area contributed by atoms with E-state index in [9.17, 15) is 18.7 Å². The van der Waals surface area contributed by atoms with E-state index < -0.39 is 18.1 Å². The summed E-state index contributed by atoms with van der Waals surface area (Å²) in [4.78, 5) is 18.2. The van der Waals surface area contributed by atoms with E-state index in [2.05, 4.69) is 20.5 Å². The van der Waals surface area contributed by atoms with Crippen molar-refractivity contribution in [2.24, 2.45) is 5.92 Å². The lowest BCUT2D eigenvalue weighted by molar-refractivity contribution is -0.0494. The highest BCUT2D eigenvalue weighted by molar-refractivity contribution is 7.98. The van der Waals surface area contributed by atoms with Gasteiger partial charge in [-0.25, -0.2) is 9.50 Å². The summed E-state index contributed by atoms with van der Waals surface area (Å²) in [7, 11) is 0. The highest BCUT2D eigenvalue weighted by Crippen LogP contribution is 2.45. The summed E-state index contributed by atoms with van der Waals surface area (Å²) >= 11 is 1.43. The fourth-order valence-corrected chi connectivity index (χ4v) is 4.40. The number of carbonyl (C=O) groups excluding carboxylic acids is 1. The zero-order valence-corrected chi connectivity index (χ0v) is 19.7. The average molecular weight is 501 g/mol. The van der Waals surface area contributed by atoms with Crippen molar-refractivity contribution in [1.29, 1.82) is 0 Å². The maximum Gasteiger partial charge on any atom is 0.387 e. The lowest BCUT2D eigenvalue weighted by atomic mass is 10.1. The molecule has 4 aromatic rings. The summed E-state index contributed by atoms with van der Waals surface area (Å²) in [6.45, 7) is -0.906. The lowest BCUT2D eigenvalue weighted by Gasteiger charge is -2.12. The molecule has 182 valence electrons. The van der Waals surface area contributed by atoms with Crippen LogP contribution in [-0.4, -0.2) is 53.9 Å². The van der Waals surface area contributed by atoms with Crippen LogP contribution in [0.4, 0.5) is 14.5 Å². The van der Waals surface area contributed by atoms with Crippen LogP contribution in [0.1, 0.15) is 23.7 Å². The molecule has 3 aromatic heterocycles. The molecule has 0 spiro atoms. The second-order valence-electron chi connectivity index (χ2n) is 8.44. The number of aliphatic hydroxyl groups is 1. The number of amides is 1. The Balaban J connectivity index is 1.57. The normalized spacial score (nSPS) is 19.3. The van der Waals surface area contributed by atoms with Crippen molar-refractivity contribution in [3.63, 3.8) is 0 Å². The number of thioether (sulfide) groups is 1. The molecule has 1 amide bonds. The van der Waals surface area contributed by atoms with Gasteiger partial charge >= 0.3 is 6.61 Å². The van der Waals surface area contributed by atoms with Gasteiger partial charge in [-0.3, -0.25) is 9.48 Å². The van der Waals surface area contributed by atoms with Crippen LogP contribution in [0.5, 0.6) is 5.75 Å². The molecule has 2 unspecified atom stereocenters. The van der Waals surface area contributed by atoms with Gasteiger partial charge in [0.25, 0.3) is 5.91 Å². The van der Waals surface area contributed by atoms with E-state index in [-0.39, 0.29) is 35.2 Å². The van der Waals surface area contributed by atoms with Crippen molar-refractivity contribution >= 4 is 29.0 Å². The maximum atomic E-state index is 13.2. The van der Waals surface area contributed by atoms with Crippen molar-refractivity contribution in [2.45, 2.75) is 37.0 Å². The highest BCUT2D eigenvalue weighted by Gasteiger charge is 2.50. The maximum absolute atomic E-state index is 13.2. The number of benzene rings is 1. The number of alkyl halides is 2. The predicted molar refractivity (Wildman–Crippen MR) is 126 cm³/mol. The first-order valence-electron chi connectivity index (χ1n) is 10.8.